The molecule has 0 aromatic rings. The molecule has 5 nitrogen and oxygen atoms in total. The van der Waals surface area contributed by atoms with Crippen LogP contribution < -0.4 is 0 Å². The number of hydrogen-bond donors (Lipinski definition) is 1. The molecule has 0 aromatic carbocycles. The Kier molecular flexibility index (Phi) is 3.84. The standard InChI is InChI=1S/C8H17O5P/c1-4-11-8(9)5-14(10)12-6(2)7(3)13-14/h6-7,10,14H,4-5H2,1-3H3. The topological polar surface area (TPSA) is 65.0 Å². The molecular weight excluding hydrogens is 207 g/mol. The van der Waals surface area contributed by atoms with Gasteiger partial charge < -0.3 is 0 Å². The Morgan fingerprint density at radius 1 is 1.43 bits per heavy atom. The maximum atomic E-state index is 11.1. The van der Waals surface area contributed by atoms with Crippen molar-refractivity contribution in [3.05, 3.63) is 0 Å². The summed E-state index contributed by atoms with van der Waals surface area (Å²) in [6, 6.07) is 0. The van der Waals surface area contributed by atoms with Crippen LogP contribution in [0.5, 0.6) is 0 Å². The second kappa shape index (κ2) is 4.53. The summed E-state index contributed by atoms with van der Waals surface area (Å²) in [5.74, 6) is -0.469. The average Bonchev–Trinajstić information content (AvgIpc) is 2.25. The van der Waals surface area contributed by atoms with E-state index in [2.05, 4.69) is 0 Å². The van der Waals surface area contributed by atoms with E-state index in [9.17, 15) is 9.69 Å². The van der Waals surface area contributed by atoms with Crippen LogP contribution >= 0.6 is 7.94 Å². The molecule has 1 heterocycles. The van der Waals surface area contributed by atoms with Gasteiger partial charge in [0, 0.05) is 0 Å². The first kappa shape index (κ1) is 11.9. The van der Waals surface area contributed by atoms with Gasteiger partial charge >= 0.3 is 83.1 Å². The van der Waals surface area contributed by atoms with Crippen molar-refractivity contribution < 1.29 is 23.5 Å². The number of carbonyl (C=O) groups is 1. The summed E-state index contributed by atoms with van der Waals surface area (Å²) in [5.41, 5.74) is 0. The molecule has 2 unspecified atom stereocenters. The van der Waals surface area contributed by atoms with Crippen molar-refractivity contribution in [2.45, 2.75) is 33.0 Å². The monoisotopic (exact) mass is 224 g/mol. The van der Waals surface area contributed by atoms with E-state index in [0.29, 0.717) is 6.61 Å². The van der Waals surface area contributed by atoms with Gasteiger partial charge in [0.05, 0.1) is 0 Å². The SMILES string of the molecule is CCOC(=O)C[PH]1(O)OC(C)C(C)O1. The third-order valence-electron chi connectivity index (χ3n) is 2.07. The van der Waals surface area contributed by atoms with Crippen molar-refractivity contribution in [1.29, 1.82) is 0 Å². The van der Waals surface area contributed by atoms with Crippen LogP contribution in [0.4, 0.5) is 0 Å². The van der Waals surface area contributed by atoms with Gasteiger partial charge in [0.2, 0.25) is 0 Å². The fourth-order valence-electron chi connectivity index (χ4n) is 1.28. The maximum absolute atomic E-state index is 11.1. The van der Waals surface area contributed by atoms with Crippen LogP contribution in [0.3, 0.4) is 0 Å². The zero-order chi connectivity index (χ0) is 10.8. The van der Waals surface area contributed by atoms with Crippen LogP contribution in [0, 0.1) is 0 Å². The molecule has 1 saturated heterocycles. The molecular formula is C8H17O5P. The van der Waals surface area contributed by atoms with E-state index in [1.54, 1.807) is 20.8 Å². The molecule has 0 saturated carbocycles. The average molecular weight is 224 g/mol. The predicted octanol–water partition coefficient (Wildman–Crippen LogP) is 0.860. The summed E-state index contributed by atoms with van der Waals surface area (Å²) < 4.78 is 15.2. The van der Waals surface area contributed by atoms with E-state index in [4.69, 9.17) is 13.8 Å². The predicted molar refractivity (Wildman–Crippen MR) is 53.1 cm³/mol. The van der Waals surface area contributed by atoms with Crippen molar-refractivity contribution in [3.63, 3.8) is 0 Å². The van der Waals surface area contributed by atoms with Gasteiger partial charge in [-0.1, -0.05) is 0 Å². The van der Waals surface area contributed by atoms with E-state index < -0.39 is 13.9 Å². The Labute approximate surface area is 83.9 Å². The molecule has 0 aliphatic carbocycles. The molecule has 6 heteroatoms. The molecule has 0 spiro atoms. The first-order valence-corrected chi connectivity index (χ1v) is 6.67. The molecule has 14 heavy (non-hydrogen) atoms. The number of hydrogen-bond acceptors (Lipinski definition) is 5. The third-order valence-corrected chi connectivity index (χ3v) is 4.29. The molecule has 2 atom stereocenters. The molecule has 84 valence electrons. The van der Waals surface area contributed by atoms with Crippen molar-refractivity contribution in [3.8, 4) is 0 Å². The van der Waals surface area contributed by atoms with E-state index >= 15 is 0 Å². The van der Waals surface area contributed by atoms with Gasteiger partial charge in [-0.15, -0.1) is 0 Å². The Hall–Kier alpha value is -0.220. The second-order valence-corrected chi connectivity index (χ2v) is 5.59. The van der Waals surface area contributed by atoms with E-state index in [1.807, 2.05) is 0 Å². The fourth-order valence-corrected chi connectivity index (χ4v) is 3.51. The van der Waals surface area contributed by atoms with Gasteiger partial charge in [-0.05, 0) is 0 Å². The van der Waals surface area contributed by atoms with Crippen molar-refractivity contribution in [2.75, 3.05) is 12.8 Å². The first-order chi connectivity index (χ1) is 6.47. The summed E-state index contributed by atoms with van der Waals surface area (Å²) in [6.07, 6.45) is -0.489. The summed E-state index contributed by atoms with van der Waals surface area (Å²) in [6.45, 7) is 5.63. The molecule has 0 aromatic heterocycles. The minimum atomic E-state index is -3.29. The summed E-state index contributed by atoms with van der Waals surface area (Å²) in [5, 5.41) is 0. The summed E-state index contributed by atoms with van der Waals surface area (Å²) in [4.78, 5) is 20.9. The molecule has 1 aliphatic heterocycles. The molecule has 1 N–H and O–H groups in total. The molecule has 1 rings (SSSR count). The molecule has 0 amide bonds. The van der Waals surface area contributed by atoms with Crippen LogP contribution in [0.15, 0.2) is 0 Å². The number of esters is 1. The van der Waals surface area contributed by atoms with Gasteiger partial charge in [0.1, 0.15) is 0 Å². The van der Waals surface area contributed by atoms with Crippen LogP contribution in [0.1, 0.15) is 20.8 Å². The molecule has 0 bridgehead atoms. The van der Waals surface area contributed by atoms with Crippen LogP contribution in [0.2, 0.25) is 0 Å². The number of rotatable bonds is 3. The zero-order valence-electron chi connectivity index (χ0n) is 8.65. The normalized spacial score (nSPS) is 32.6. The Morgan fingerprint density at radius 2 is 1.93 bits per heavy atom. The molecule has 1 aliphatic rings. The van der Waals surface area contributed by atoms with E-state index in [1.165, 1.54) is 0 Å². The molecule has 1 fully saturated rings. The fraction of sp³-hybridized carbons (Fsp3) is 0.875. The Balaban J connectivity index is 2.47. The van der Waals surface area contributed by atoms with Crippen molar-refractivity contribution in [2.24, 2.45) is 0 Å². The minimum absolute atomic E-state index is 0.157. The Bertz CT molecular complexity index is 210. The first-order valence-electron chi connectivity index (χ1n) is 4.70. The quantitative estimate of drug-likeness (QED) is 0.569. The second-order valence-electron chi connectivity index (χ2n) is 3.34. The number of carbonyl (C=O) groups excluding carboxylic acids is 1. The molecule has 0 radical (unpaired) electrons. The van der Waals surface area contributed by atoms with Crippen LogP contribution in [-0.2, 0) is 18.6 Å². The van der Waals surface area contributed by atoms with E-state index in [-0.39, 0.29) is 18.4 Å². The van der Waals surface area contributed by atoms with Gasteiger partial charge in [-0.2, -0.15) is 0 Å². The van der Waals surface area contributed by atoms with Crippen LogP contribution in [-0.4, -0.2) is 35.8 Å². The van der Waals surface area contributed by atoms with Gasteiger partial charge in [0.25, 0.3) is 0 Å². The van der Waals surface area contributed by atoms with Gasteiger partial charge in [-0.3, -0.25) is 0 Å². The zero-order valence-corrected chi connectivity index (χ0v) is 9.65. The van der Waals surface area contributed by atoms with Crippen molar-refractivity contribution in [1.82, 2.24) is 0 Å². The third kappa shape index (κ3) is 2.89. The van der Waals surface area contributed by atoms with Gasteiger partial charge in [-0.25, -0.2) is 0 Å². The summed E-state index contributed by atoms with van der Waals surface area (Å²) in [7, 11) is -3.29. The number of ether oxygens (including phenoxy) is 1. The van der Waals surface area contributed by atoms with Crippen LogP contribution in [0.25, 0.3) is 0 Å². The van der Waals surface area contributed by atoms with E-state index in [0.717, 1.165) is 0 Å². The summed E-state index contributed by atoms with van der Waals surface area (Å²) >= 11 is 0. The van der Waals surface area contributed by atoms with Gasteiger partial charge in [0.15, 0.2) is 0 Å². The van der Waals surface area contributed by atoms with Crippen molar-refractivity contribution >= 4 is 13.9 Å². The Morgan fingerprint density at radius 3 is 2.36 bits per heavy atom.